The van der Waals surface area contributed by atoms with Crippen molar-refractivity contribution in [3.8, 4) is 11.4 Å². The van der Waals surface area contributed by atoms with E-state index in [0.717, 1.165) is 15.7 Å². The molecule has 0 spiro atoms. The highest BCUT2D eigenvalue weighted by atomic mass is 79.9. The molecule has 0 aliphatic carbocycles. The normalized spacial score (nSPS) is 10.8. The van der Waals surface area contributed by atoms with Crippen LogP contribution in [0.4, 0.5) is 5.13 Å². The average molecular weight is 337 g/mol. The molecule has 0 aliphatic rings. The van der Waals surface area contributed by atoms with Crippen molar-refractivity contribution in [1.82, 2.24) is 15.1 Å². The molecule has 0 saturated heterocycles. The van der Waals surface area contributed by atoms with Gasteiger partial charge in [-0.2, -0.15) is 4.98 Å². The van der Waals surface area contributed by atoms with E-state index in [1.807, 2.05) is 29.6 Å². The molecule has 3 aromatic rings. The Bertz CT molecular complexity index is 709. The van der Waals surface area contributed by atoms with E-state index in [-0.39, 0.29) is 0 Å². The van der Waals surface area contributed by atoms with Crippen molar-refractivity contribution in [2.45, 2.75) is 6.42 Å². The van der Waals surface area contributed by atoms with Gasteiger partial charge in [0, 0.05) is 15.4 Å². The summed E-state index contributed by atoms with van der Waals surface area (Å²) in [5, 5.41) is 6.41. The first kappa shape index (κ1) is 12.3. The SMILES string of the molecule is Nc1nc(Cc2nc(-c3ccccc3Br)no2)cs1. The number of nitrogens with zero attached hydrogens (tertiary/aromatic N) is 3. The molecule has 2 heterocycles. The zero-order chi connectivity index (χ0) is 13.2. The summed E-state index contributed by atoms with van der Waals surface area (Å²) in [6.07, 6.45) is 0.491. The van der Waals surface area contributed by atoms with Gasteiger partial charge in [-0.3, -0.25) is 0 Å². The minimum Gasteiger partial charge on any atom is -0.375 e. The second kappa shape index (κ2) is 5.10. The predicted molar refractivity (Wildman–Crippen MR) is 76.8 cm³/mol. The summed E-state index contributed by atoms with van der Waals surface area (Å²) < 4.78 is 6.16. The zero-order valence-corrected chi connectivity index (χ0v) is 12.1. The molecule has 2 aromatic heterocycles. The van der Waals surface area contributed by atoms with Crippen LogP contribution in [0.3, 0.4) is 0 Å². The number of aromatic nitrogens is 3. The quantitative estimate of drug-likeness (QED) is 0.794. The molecule has 3 rings (SSSR count). The summed E-state index contributed by atoms with van der Waals surface area (Å²) in [6, 6.07) is 7.73. The van der Waals surface area contributed by atoms with Crippen LogP contribution in [-0.2, 0) is 6.42 Å². The highest BCUT2D eigenvalue weighted by molar-refractivity contribution is 9.10. The van der Waals surface area contributed by atoms with Crippen LogP contribution in [0.2, 0.25) is 0 Å². The summed E-state index contributed by atoms with van der Waals surface area (Å²) in [6.45, 7) is 0. The van der Waals surface area contributed by atoms with Crippen LogP contribution in [-0.4, -0.2) is 15.1 Å². The van der Waals surface area contributed by atoms with Crippen LogP contribution in [0.1, 0.15) is 11.6 Å². The highest BCUT2D eigenvalue weighted by Gasteiger charge is 2.12. The number of benzene rings is 1. The van der Waals surface area contributed by atoms with Gasteiger partial charge in [0.15, 0.2) is 5.13 Å². The fraction of sp³-hybridized carbons (Fsp3) is 0.0833. The Morgan fingerprint density at radius 3 is 2.84 bits per heavy atom. The summed E-state index contributed by atoms with van der Waals surface area (Å²) in [7, 11) is 0. The molecule has 2 N–H and O–H groups in total. The second-order valence-corrected chi connectivity index (χ2v) is 5.59. The third kappa shape index (κ3) is 2.66. The lowest BCUT2D eigenvalue weighted by molar-refractivity contribution is 0.385. The van der Waals surface area contributed by atoms with Crippen molar-refractivity contribution in [2.75, 3.05) is 5.73 Å². The van der Waals surface area contributed by atoms with E-state index >= 15 is 0 Å². The fourth-order valence-corrected chi connectivity index (χ4v) is 2.66. The lowest BCUT2D eigenvalue weighted by Crippen LogP contribution is -1.90. The molecule has 0 amide bonds. The molecule has 0 radical (unpaired) electrons. The molecule has 19 heavy (non-hydrogen) atoms. The molecule has 0 bridgehead atoms. The van der Waals surface area contributed by atoms with Gasteiger partial charge in [0.05, 0.1) is 12.1 Å². The van der Waals surface area contributed by atoms with Crippen molar-refractivity contribution in [3.05, 3.63) is 45.7 Å². The van der Waals surface area contributed by atoms with Gasteiger partial charge in [-0.15, -0.1) is 11.3 Å². The van der Waals surface area contributed by atoms with Gasteiger partial charge in [0.1, 0.15) is 0 Å². The first-order valence-electron chi connectivity index (χ1n) is 5.50. The van der Waals surface area contributed by atoms with Crippen LogP contribution < -0.4 is 5.73 Å². The van der Waals surface area contributed by atoms with Crippen molar-refractivity contribution in [3.63, 3.8) is 0 Å². The zero-order valence-electron chi connectivity index (χ0n) is 9.71. The Kier molecular flexibility index (Phi) is 3.31. The number of anilines is 1. The number of halogens is 1. The Balaban J connectivity index is 1.86. The van der Waals surface area contributed by atoms with E-state index in [2.05, 4.69) is 31.1 Å². The van der Waals surface area contributed by atoms with Gasteiger partial charge in [-0.25, -0.2) is 4.98 Å². The predicted octanol–water partition coefficient (Wildman–Crippen LogP) is 3.13. The minimum absolute atomic E-state index is 0.491. The molecule has 96 valence electrons. The van der Waals surface area contributed by atoms with E-state index in [0.29, 0.717) is 23.3 Å². The van der Waals surface area contributed by atoms with E-state index in [1.54, 1.807) is 0 Å². The Labute approximate surface area is 121 Å². The topological polar surface area (TPSA) is 77.8 Å². The average Bonchev–Trinajstić information content (AvgIpc) is 3.00. The molecule has 0 saturated carbocycles. The lowest BCUT2D eigenvalue weighted by atomic mass is 10.2. The maximum atomic E-state index is 5.58. The molecule has 1 aromatic carbocycles. The van der Waals surface area contributed by atoms with Crippen LogP contribution in [0, 0.1) is 0 Å². The van der Waals surface area contributed by atoms with E-state index in [4.69, 9.17) is 10.3 Å². The maximum absolute atomic E-state index is 5.58. The highest BCUT2D eigenvalue weighted by Crippen LogP contribution is 2.25. The van der Waals surface area contributed by atoms with Crippen LogP contribution in [0.25, 0.3) is 11.4 Å². The van der Waals surface area contributed by atoms with Gasteiger partial charge in [0.2, 0.25) is 11.7 Å². The minimum atomic E-state index is 0.491. The number of thiazole rings is 1. The van der Waals surface area contributed by atoms with Gasteiger partial charge < -0.3 is 10.3 Å². The summed E-state index contributed by atoms with van der Waals surface area (Å²) >= 11 is 4.86. The third-order valence-electron chi connectivity index (χ3n) is 2.48. The van der Waals surface area contributed by atoms with Crippen LogP contribution in [0.5, 0.6) is 0 Å². The molecule has 0 atom stereocenters. The number of hydrogen-bond donors (Lipinski definition) is 1. The standard InChI is InChI=1S/C12H9BrN4OS/c13-9-4-2-1-3-8(9)11-16-10(18-17-11)5-7-6-19-12(14)15-7/h1-4,6H,5H2,(H2,14,15). The van der Waals surface area contributed by atoms with Crippen LogP contribution in [0.15, 0.2) is 38.6 Å². The molecule has 0 aliphatic heterocycles. The van der Waals surface area contributed by atoms with Gasteiger partial charge in [-0.1, -0.05) is 33.2 Å². The molecule has 5 nitrogen and oxygen atoms in total. The second-order valence-electron chi connectivity index (χ2n) is 3.85. The van der Waals surface area contributed by atoms with Gasteiger partial charge >= 0.3 is 0 Å². The largest absolute Gasteiger partial charge is 0.375 e. The maximum Gasteiger partial charge on any atom is 0.233 e. The summed E-state index contributed by atoms with van der Waals surface area (Å²) in [5.41, 5.74) is 7.32. The third-order valence-corrected chi connectivity index (χ3v) is 3.90. The number of rotatable bonds is 3. The van der Waals surface area contributed by atoms with Crippen molar-refractivity contribution >= 4 is 32.4 Å². The number of nitrogens with two attached hydrogens (primary N) is 1. The lowest BCUT2D eigenvalue weighted by Gasteiger charge is -1.96. The van der Waals surface area contributed by atoms with Gasteiger partial charge in [-0.05, 0) is 12.1 Å². The van der Waals surface area contributed by atoms with Gasteiger partial charge in [0.25, 0.3) is 0 Å². The monoisotopic (exact) mass is 336 g/mol. The summed E-state index contributed by atoms with van der Waals surface area (Å²) in [5.74, 6) is 1.08. The van der Waals surface area contributed by atoms with Crippen molar-refractivity contribution in [2.24, 2.45) is 0 Å². The smallest absolute Gasteiger partial charge is 0.233 e. The number of hydrogen-bond acceptors (Lipinski definition) is 6. The first-order chi connectivity index (χ1) is 9.22. The Morgan fingerprint density at radius 1 is 1.26 bits per heavy atom. The fourth-order valence-electron chi connectivity index (χ4n) is 1.64. The first-order valence-corrected chi connectivity index (χ1v) is 7.17. The van der Waals surface area contributed by atoms with Crippen molar-refractivity contribution in [1.29, 1.82) is 0 Å². The van der Waals surface area contributed by atoms with Crippen molar-refractivity contribution < 1.29 is 4.52 Å². The number of nitrogen functional groups attached to an aromatic ring is 1. The Hall–Kier alpha value is -1.73. The Morgan fingerprint density at radius 2 is 2.11 bits per heavy atom. The summed E-state index contributed by atoms with van der Waals surface area (Å²) in [4.78, 5) is 8.53. The molecule has 7 heteroatoms. The van der Waals surface area contributed by atoms with E-state index in [1.165, 1.54) is 11.3 Å². The van der Waals surface area contributed by atoms with E-state index < -0.39 is 0 Å². The molecular formula is C12H9BrN4OS. The molecular weight excluding hydrogens is 328 g/mol. The molecule has 0 fully saturated rings. The molecule has 0 unspecified atom stereocenters. The van der Waals surface area contributed by atoms with E-state index in [9.17, 15) is 0 Å². The van der Waals surface area contributed by atoms with Crippen LogP contribution >= 0.6 is 27.3 Å².